The predicted octanol–water partition coefficient (Wildman–Crippen LogP) is 2.52. The van der Waals surface area contributed by atoms with Crippen molar-refractivity contribution < 1.29 is 4.74 Å². The van der Waals surface area contributed by atoms with Crippen LogP contribution in [0.4, 0.5) is 0 Å². The zero-order valence-corrected chi connectivity index (χ0v) is 11.9. The van der Waals surface area contributed by atoms with Crippen molar-refractivity contribution in [3.63, 3.8) is 0 Å². The highest BCUT2D eigenvalue weighted by atomic mass is 16.5. The molecular formula is C17H17N3O. The first kappa shape index (κ1) is 13.4. The fraction of sp³-hybridized carbons (Fsp3) is 0.176. The van der Waals surface area contributed by atoms with Crippen LogP contribution in [0.25, 0.3) is 5.57 Å². The number of pyridine rings is 1. The first-order valence-corrected chi connectivity index (χ1v) is 6.91. The van der Waals surface area contributed by atoms with Gasteiger partial charge in [0.2, 0.25) is 0 Å². The van der Waals surface area contributed by atoms with Crippen molar-refractivity contribution in [1.29, 1.82) is 0 Å². The lowest BCUT2D eigenvalue weighted by Crippen LogP contribution is -2.16. The average molecular weight is 279 g/mol. The van der Waals surface area contributed by atoms with Crippen LogP contribution in [0.15, 0.2) is 59.9 Å². The highest BCUT2D eigenvalue weighted by Crippen LogP contribution is 2.26. The Balaban J connectivity index is 2.07. The Morgan fingerprint density at radius 3 is 2.76 bits per heavy atom. The van der Waals surface area contributed by atoms with Gasteiger partial charge in [-0.25, -0.2) is 0 Å². The number of amidine groups is 1. The van der Waals surface area contributed by atoms with E-state index in [0.29, 0.717) is 0 Å². The van der Waals surface area contributed by atoms with Crippen molar-refractivity contribution in [2.45, 2.75) is 0 Å². The fourth-order valence-corrected chi connectivity index (χ4v) is 2.31. The Morgan fingerprint density at radius 2 is 2.05 bits per heavy atom. The molecule has 2 aromatic rings. The van der Waals surface area contributed by atoms with Gasteiger partial charge in [0.15, 0.2) is 0 Å². The maximum absolute atomic E-state index is 5.33. The fourth-order valence-electron chi connectivity index (χ4n) is 2.31. The summed E-state index contributed by atoms with van der Waals surface area (Å²) in [5.74, 6) is 1.76. The van der Waals surface area contributed by atoms with Crippen LogP contribution in [-0.2, 0) is 0 Å². The standard InChI is InChI=1S/C17H17N3O/c1-21-15-4-2-3-14(11-15)16(12-17-19-9-10-20-17)13-5-7-18-8-6-13/h2-8,11-12H,9-10H2,1H3,(H,19,20). The van der Waals surface area contributed by atoms with Crippen molar-refractivity contribution in [3.8, 4) is 5.75 Å². The van der Waals surface area contributed by atoms with Gasteiger partial charge in [0.1, 0.15) is 11.6 Å². The number of nitrogens with one attached hydrogen (secondary N) is 1. The van der Waals surface area contributed by atoms with Crippen molar-refractivity contribution in [1.82, 2.24) is 10.3 Å². The number of benzene rings is 1. The Morgan fingerprint density at radius 1 is 1.19 bits per heavy atom. The minimum absolute atomic E-state index is 0.827. The molecule has 1 aromatic heterocycles. The van der Waals surface area contributed by atoms with Crippen molar-refractivity contribution in [2.24, 2.45) is 4.99 Å². The molecule has 3 rings (SSSR count). The molecule has 0 saturated heterocycles. The molecule has 4 nitrogen and oxygen atoms in total. The highest BCUT2D eigenvalue weighted by Gasteiger charge is 2.09. The minimum Gasteiger partial charge on any atom is -0.497 e. The molecule has 4 heteroatoms. The summed E-state index contributed by atoms with van der Waals surface area (Å²) in [6.45, 7) is 1.72. The topological polar surface area (TPSA) is 46.5 Å². The van der Waals surface area contributed by atoms with Gasteiger partial charge in [-0.1, -0.05) is 12.1 Å². The van der Waals surface area contributed by atoms with Crippen LogP contribution in [0.2, 0.25) is 0 Å². The molecule has 0 spiro atoms. The summed E-state index contributed by atoms with van der Waals surface area (Å²) in [5, 5.41) is 3.28. The number of aromatic nitrogens is 1. The maximum Gasteiger partial charge on any atom is 0.121 e. The Kier molecular flexibility index (Phi) is 3.96. The van der Waals surface area contributed by atoms with Gasteiger partial charge in [-0.2, -0.15) is 0 Å². The van der Waals surface area contributed by atoms with Gasteiger partial charge in [0.05, 0.1) is 13.7 Å². The summed E-state index contributed by atoms with van der Waals surface area (Å²) in [5.41, 5.74) is 3.30. The van der Waals surface area contributed by atoms with E-state index in [4.69, 9.17) is 4.74 Å². The Bertz CT molecular complexity index is 677. The summed E-state index contributed by atoms with van der Waals surface area (Å²) >= 11 is 0. The molecule has 1 aliphatic rings. The maximum atomic E-state index is 5.33. The normalized spacial score (nSPS) is 14.5. The lowest BCUT2D eigenvalue weighted by molar-refractivity contribution is 0.414. The van der Waals surface area contributed by atoms with Crippen molar-refractivity contribution in [3.05, 3.63) is 66.0 Å². The lowest BCUT2D eigenvalue weighted by Gasteiger charge is -2.10. The van der Waals surface area contributed by atoms with Crippen molar-refractivity contribution in [2.75, 3.05) is 20.2 Å². The molecule has 0 unspecified atom stereocenters. The van der Waals surface area contributed by atoms with Gasteiger partial charge < -0.3 is 10.1 Å². The summed E-state index contributed by atoms with van der Waals surface area (Å²) in [6.07, 6.45) is 5.68. The molecule has 1 aliphatic heterocycles. The molecular weight excluding hydrogens is 262 g/mol. The van der Waals surface area contributed by atoms with E-state index >= 15 is 0 Å². The second kappa shape index (κ2) is 6.22. The van der Waals surface area contributed by atoms with Crippen LogP contribution in [-0.4, -0.2) is 31.0 Å². The van der Waals surface area contributed by atoms with E-state index in [-0.39, 0.29) is 0 Å². The van der Waals surface area contributed by atoms with Gasteiger partial charge in [-0.3, -0.25) is 9.98 Å². The number of nitrogens with zero attached hydrogens (tertiary/aromatic N) is 2. The largest absolute Gasteiger partial charge is 0.497 e. The molecule has 0 fully saturated rings. The van der Waals surface area contributed by atoms with Crippen molar-refractivity contribution >= 4 is 11.4 Å². The second-order valence-corrected chi connectivity index (χ2v) is 4.72. The molecule has 0 bridgehead atoms. The molecule has 1 aromatic carbocycles. The summed E-state index contributed by atoms with van der Waals surface area (Å²) in [7, 11) is 1.68. The highest BCUT2D eigenvalue weighted by molar-refractivity contribution is 6.03. The van der Waals surface area contributed by atoms with E-state index in [1.807, 2.05) is 30.3 Å². The molecule has 1 N–H and O–H groups in total. The third-order valence-electron chi connectivity index (χ3n) is 3.35. The summed E-state index contributed by atoms with van der Waals surface area (Å²) in [4.78, 5) is 8.54. The van der Waals surface area contributed by atoms with Crippen LogP contribution in [0.3, 0.4) is 0 Å². The smallest absolute Gasteiger partial charge is 0.121 e. The van der Waals surface area contributed by atoms with Gasteiger partial charge in [0.25, 0.3) is 0 Å². The van der Waals surface area contributed by atoms with E-state index in [1.165, 1.54) is 0 Å². The summed E-state index contributed by atoms with van der Waals surface area (Å²) < 4.78 is 5.33. The minimum atomic E-state index is 0.827. The zero-order valence-electron chi connectivity index (χ0n) is 11.9. The van der Waals surface area contributed by atoms with Crippen LogP contribution in [0, 0.1) is 0 Å². The zero-order chi connectivity index (χ0) is 14.5. The van der Waals surface area contributed by atoms with E-state index < -0.39 is 0 Å². The number of methoxy groups -OCH3 is 1. The molecule has 0 atom stereocenters. The Labute approximate surface area is 124 Å². The number of ether oxygens (including phenoxy) is 1. The molecule has 21 heavy (non-hydrogen) atoms. The SMILES string of the molecule is COc1cccc(C(=CC2=NCCN2)c2ccncc2)c1. The Hall–Kier alpha value is -2.62. The monoisotopic (exact) mass is 279 g/mol. The number of rotatable bonds is 4. The number of hydrogen-bond donors (Lipinski definition) is 1. The number of aliphatic imine (C=N–C) groups is 1. The van der Waals surface area contributed by atoms with E-state index in [0.717, 1.165) is 41.4 Å². The lowest BCUT2D eigenvalue weighted by atomic mass is 9.98. The first-order valence-electron chi connectivity index (χ1n) is 6.91. The molecule has 0 aliphatic carbocycles. The van der Waals surface area contributed by atoms with Gasteiger partial charge in [-0.15, -0.1) is 0 Å². The summed E-state index contributed by atoms with van der Waals surface area (Å²) in [6, 6.07) is 12.0. The third kappa shape index (κ3) is 3.11. The van der Waals surface area contributed by atoms with E-state index in [2.05, 4.69) is 27.4 Å². The van der Waals surface area contributed by atoms with Crippen LogP contribution in [0.1, 0.15) is 11.1 Å². The van der Waals surface area contributed by atoms with E-state index in [9.17, 15) is 0 Å². The van der Waals surface area contributed by atoms with Gasteiger partial charge in [0, 0.05) is 18.9 Å². The van der Waals surface area contributed by atoms with E-state index in [1.54, 1.807) is 19.5 Å². The quantitative estimate of drug-likeness (QED) is 0.935. The van der Waals surface area contributed by atoms with Crippen LogP contribution in [0.5, 0.6) is 5.75 Å². The first-order chi connectivity index (χ1) is 10.4. The van der Waals surface area contributed by atoms with Crippen LogP contribution < -0.4 is 10.1 Å². The molecule has 0 radical (unpaired) electrons. The molecule has 106 valence electrons. The van der Waals surface area contributed by atoms with Gasteiger partial charge in [-0.05, 0) is 47.0 Å². The molecule has 0 saturated carbocycles. The average Bonchev–Trinajstić information content (AvgIpc) is 3.07. The van der Waals surface area contributed by atoms with Gasteiger partial charge >= 0.3 is 0 Å². The predicted molar refractivity (Wildman–Crippen MR) is 84.6 cm³/mol. The number of hydrogen-bond acceptors (Lipinski definition) is 4. The van der Waals surface area contributed by atoms with Crippen LogP contribution >= 0.6 is 0 Å². The second-order valence-electron chi connectivity index (χ2n) is 4.72. The third-order valence-corrected chi connectivity index (χ3v) is 3.35. The molecule has 2 heterocycles. The molecule has 0 amide bonds.